The van der Waals surface area contributed by atoms with Crippen molar-refractivity contribution in [2.24, 2.45) is 0 Å². The third-order valence-corrected chi connectivity index (χ3v) is 3.13. The predicted molar refractivity (Wildman–Crippen MR) is 69.2 cm³/mol. The summed E-state index contributed by atoms with van der Waals surface area (Å²) in [7, 11) is 0. The predicted octanol–water partition coefficient (Wildman–Crippen LogP) is 4.60. The Morgan fingerprint density at radius 1 is 0.867 bits per heavy atom. The molecule has 3 heteroatoms. The van der Waals surface area contributed by atoms with Gasteiger partial charge in [-0.25, -0.2) is 0 Å². The van der Waals surface area contributed by atoms with E-state index in [0.717, 1.165) is 13.0 Å². The van der Waals surface area contributed by atoms with Crippen LogP contribution in [0.5, 0.6) is 0 Å². The number of ether oxygens (including phenoxy) is 1. The summed E-state index contributed by atoms with van der Waals surface area (Å²) < 4.78 is 5.50. The maximum absolute atomic E-state index is 5.66. The maximum atomic E-state index is 5.66. The topological polar surface area (TPSA) is 9.23 Å². The standard InChI is InChI=1S/C12H24Cl2O/c1-2-3-4-5-6-7-8-9-15-12(10-13)11-14/h12H,2-11H2,1H3. The molecule has 0 aliphatic carbocycles. The maximum Gasteiger partial charge on any atom is 0.0845 e. The van der Waals surface area contributed by atoms with Crippen molar-refractivity contribution in [3.63, 3.8) is 0 Å². The molecule has 0 aromatic rings. The molecule has 0 bridgehead atoms. The minimum Gasteiger partial charge on any atom is -0.376 e. The lowest BCUT2D eigenvalue weighted by atomic mass is 10.1. The molecule has 0 spiro atoms. The van der Waals surface area contributed by atoms with Crippen LogP contribution in [0.4, 0.5) is 0 Å². The quantitative estimate of drug-likeness (QED) is 0.387. The smallest absolute Gasteiger partial charge is 0.0845 e. The summed E-state index contributed by atoms with van der Waals surface area (Å²) in [5.74, 6) is 1.00. The molecule has 1 nitrogen and oxygen atoms in total. The molecule has 92 valence electrons. The highest BCUT2D eigenvalue weighted by atomic mass is 35.5. The lowest BCUT2D eigenvalue weighted by molar-refractivity contribution is 0.0800. The van der Waals surface area contributed by atoms with E-state index in [2.05, 4.69) is 6.92 Å². The van der Waals surface area contributed by atoms with Crippen LogP contribution in [-0.2, 0) is 4.74 Å². The molecule has 0 aromatic carbocycles. The first-order valence-electron chi connectivity index (χ1n) is 6.08. The third kappa shape index (κ3) is 10.8. The number of alkyl halides is 2. The number of rotatable bonds is 11. The molecular formula is C12H24Cl2O. The van der Waals surface area contributed by atoms with E-state index < -0.39 is 0 Å². The fourth-order valence-electron chi connectivity index (χ4n) is 1.44. The number of hydrogen-bond donors (Lipinski definition) is 0. The van der Waals surface area contributed by atoms with E-state index in [1.807, 2.05) is 0 Å². The van der Waals surface area contributed by atoms with Crippen LogP contribution in [0.3, 0.4) is 0 Å². The molecule has 0 saturated carbocycles. The third-order valence-electron chi connectivity index (χ3n) is 2.45. The molecule has 0 atom stereocenters. The molecule has 0 aliphatic heterocycles. The Hall–Kier alpha value is 0.540. The molecule has 0 aliphatic rings. The largest absolute Gasteiger partial charge is 0.376 e. The Balaban J connectivity index is 3.04. The lowest BCUT2D eigenvalue weighted by Crippen LogP contribution is -2.17. The lowest BCUT2D eigenvalue weighted by Gasteiger charge is -2.11. The van der Waals surface area contributed by atoms with E-state index in [9.17, 15) is 0 Å². The van der Waals surface area contributed by atoms with Crippen molar-refractivity contribution in [3.8, 4) is 0 Å². The van der Waals surface area contributed by atoms with Gasteiger partial charge in [0.05, 0.1) is 6.10 Å². The summed E-state index contributed by atoms with van der Waals surface area (Å²) in [5, 5.41) is 0. The van der Waals surface area contributed by atoms with Crippen molar-refractivity contribution in [3.05, 3.63) is 0 Å². The Kier molecular flexibility index (Phi) is 13.1. The average Bonchev–Trinajstić information content (AvgIpc) is 2.27. The van der Waals surface area contributed by atoms with Gasteiger partial charge in [0.2, 0.25) is 0 Å². The second-order valence-corrected chi connectivity index (χ2v) is 4.54. The van der Waals surface area contributed by atoms with Crippen LogP contribution in [-0.4, -0.2) is 24.5 Å². The molecule has 0 unspecified atom stereocenters. The van der Waals surface area contributed by atoms with Gasteiger partial charge in [0.25, 0.3) is 0 Å². The summed E-state index contributed by atoms with van der Waals surface area (Å²) >= 11 is 11.3. The molecular weight excluding hydrogens is 231 g/mol. The van der Waals surface area contributed by atoms with Crippen LogP contribution in [0.2, 0.25) is 0 Å². The van der Waals surface area contributed by atoms with Crippen LogP contribution in [0.1, 0.15) is 51.9 Å². The molecule has 0 saturated heterocycles. The monoisotopic (exact) mass is 254 g/mol. The van der Waals surface area contributed by atoms with E-state index >= 15 is 0 Å². The highest BCUT2D eigenvalue weighted by molar-refractivity contribution is 6.21. The fraction of sp³-hybridized carbons (Fsp3) is 1.00. The fourth-order valence-corrected chi connectivity index (χ4v) is 1.95. The Labute approximate surface area is 104 Å². The van der Waals surface area contributed by atoms with Crippen LogP contribution in [0.25, 0.3) is 0 Å². The van der Waals surface area contributed by atoms with Gasteiger partial charge in [-0.3, -0.25) is 0 Å². The van der Waals surface area contributed by atoms with Crippen molar-refractivity contribution in [2.45, 2.75) is 58.0 Å². The van der Waals surface area contributed by atoms with Gasteiger partial charge in [-0.1, -0.05) is 45.4 Å². The highest BCUT2D eigenvalue weighted by Gasteiger charge is 2.04. The van der Waals surface area contributed by atoms with Crippen LogP contribution in [0, 0.1) is 0 Å². The van der Waals surface area contributed by atoms with Gasteiger partial charge in [0, 0.05) is 18.4 Å². The van der Waals surface area contributed by atoms with Gasteiger partial charge in [-0.2, -0.15) is 0 Å². The Morgan fingerprint density at radius 3 is 1.93 bits per heavy atom. The molecule has 0 heterocycles. The first-order valence-corrected chi connectivity index (χ1v) is 7.15. The van der Waals surface area contributed by atoms with Crippen molar-refractivity contribution in [1.29, 1.82) is 0 Å². The molecule has 0 aromatic heterocycles. The van der Waals surface area contributed by atoms with E-state index in [-0.39, 0.29) is 6.10 Å². The van der Waals surface area contributed by atoms with E-state index in [4.69, 9.17) is 27.9 Å². The second-order valence-electron chi connectivity index (χ2n) is 3.92. The van der Waals surface area contributed by atoms with Gasteiger partial charge in [0.1, 0.15) is 0 Å². The summed E-state index contributed by atoms with van der Waals surface area (Å²) in [6.45, 7) is 3.05. The summed E-state index contributed by atoms with van der Waals surface area (Å²) in [5.41, 5.74) is 0. The van der Waals surface area contributed by atoms with Crippen LogP contribution >= 0.6 is 23.2 Å². The molecule has 0 amide bonds. The molecule has 0 N–H and O–H groups in total. The van der Waals surface area contributed by atoms with Crippen LogP contribution < -0.4 is 0 Å². The van der Waals surface area contributed by atoms with Gasteiger partial charge in [0.15, 0.2) is 0 Å². The minimum absolute atomic E-state index is 0.0356. The van der Waals surface area contributed by atoms with Crippen molar-refractivity contribution >= 4 is 23.2 Å². The second kappa shape index (κ2) is 12.6. The van der Waals surface area contributed by atoms with Gasteiger partial charge in [-0.05, 0) is 6.42 Å². The number of halogens is 2. The van der Waals surface area contributed by atoms with E-state index in [1.165, 1.54) is 38.5 Å². The molecule has 0 rings (SSSR count). The van der Waals surface area contributed by atoms with E-state index in [0.29, 0.717) is 11.8 Å². The van der Waals surface area contributed by atoms with Crippen molar-refractivity contribution in [2.75, 3.05) is 18.4 Å². The summed E-state index contributed by atoms with van der Waals surface area (Å²) in [4.78, 5) is 0. The van der Waals surface area contributed by atoms with Gasteiger partial charge in [-0.15, -0.1) is 23.2 Å². The van der Waals surface area contributed by atoms with Gasteiger partial charge < -0.3 is 4.74 Å². The Morgan fingerprint density at radius 2 is 1.40 bits per heavy atom. The SMILES string of the molecule is CCCCCCCCCOC(CCl)CCl. The zero-order valence-corrected chi connectivity index (χ0v) is 11.3. The first kappa shape index (κ1) is 15.5. The minimum atomic E-state index is 0.0356. The average molecular weight is 255 g/mol. The highest BCUT2D eigenvalue weighted by Crippen LogP contribution is 2.07. The number of unbranched alkanes of at least 4 members (excludes halogenated alkanes) is 6. The first-order chi connectivity index (χ1) is 7.35. The van der Waals surface area contributed by atoms with E-state index in [1.54, 1.807) is 0 Å². The summed E-state index contributed by atoms with van der Waals surface area (Å²) in [6, 6.07) is 0. The number of hydrogen-bond acceptors (Lipinski definition) is 1. The van der Waals surface area contributed by atoms with Crippen molar-refractivity contribution in [1.82, 2.24) is 0 Å². The Bertz CT molecular complexity index is 116. The zero-order chi connectivity index (χ0) is 11.4. The molecule has 0 fully saturated rings. The molecule has 0 radical (unpaired) electrons. The molecule has 15 heavy (non-hydrogen) atoms. The van der Waals surface area contributed by atoms with Crippen molar-refractivity contribution < 1.29 is 4.74 Å². The van der Waals surface area contributed by atoms with Crippen LogP contribution in [0.15, 0.2) is 0 Å². The normalized spacial score (nSPS) is 11.2. The van der Waals surface area contributed by atoms with Gasteiger partial charge >= 0.3 is 0 Å². The summed E-state index contributed by atoms with van der Waals surface area (Å²) in [6.07, 6.45) is 9.19. The zero-order valence-electron chi connectivity index (χ0n) is 9.81.